The normalized spacial score (nSPS) is 22.9. The van der Waals surface area contributed by atoms with Crippen LogP contribution in [0.15, 0.2) is 4.40 Å². The van der Waals surface area contributed by atoms with Crippen molar-refractivity contribution in [3.05, 3.63) is 0 Å². The monoisotopic (exact) mass is 229 g/mol. The third-order valence-corrected chi connectivity index (χ3v) is 4.15. The van der Waals surface area contributed by atoms with Crippen LogP contribution in [0.4, 0.5) is 0 Å². The highest BCUT2D eigenvalue weighted by Gasteiger charge is 2.26. The zero-order chi connectivity index (χ0) is 11.3. The van der Waals surface area contributed by atoms with E-state index in [2.05, 4.69) is 4.40 Å². The Balaban J connectivity index is 2.41. The molecule has 0 aromatic heterocycles. The molecule has 88 valence electrons. The van der Waals surface area contributed by atoms with Gasteiger partial charge in [0.2, 0.25) is 0 Å². The molecular formula is C12H23NOS. The second-order valence-electron chi connectivity index (χ2n) is 5.37. The topological polar surface area (TPSA) is 35.4 Å². The number of hydrogen-bond donors (Lipinski definition) is 0. The molecule has 2 nitrogen and oxygen atoms in total. The Morgan fingerprint density at radius 3 is 2.13 bits per heavy atom. The Kier molecular flexibility index (Phi) is 5.13. The van der Waals surface area contributed by atoms with Crippen LogP contribution in [0.1, 0.15) is 59.3 Å². The lowest BCUT2D eigenvalue weighted by molar-refractivity contribution is 0.559. The van der Waals surface area contributed by atoms with Crippen LogP contribution < -0.4 is 0 Å². The minimum absolute atomic E-state index is 0.221. The van der Waals surface area contributed by atoms with Gasteiger partial charge in [-0.3, -0.25) is 0 Å². The maximum absolute atomic E-state index is 11.7. The summed E-state index contributed by atoms with van der Waals surface area (Å²) in [6, 6.07) is 0. The molecule has 0 amide bonds. The van der Waals surface area contributed by atoms with Crippen LogP contribution in [-0.4, -0.2) is 15.5 Å². The first-order valence-corrected chi connectivity index (χ1v) is 7.07. The average Bonchev–Trinajstić information content (AvgIpc) is 2.40. The zero-order valence-corrected chi connectivity index (χ0v) is 11.0. The molecule has 0 aliphatic heterocycles. The summed E-state index contributed by atoms with van der Waals surface area (Å²) in [5.74, 6) is 0.568. The van der Waals surface area contributed by atoms with Crippen LogP contribution in [-0.2, 0) is 11.4 Å². The summed E-state index contributed by atoms with van der Waals surface area (Å²) < 4.78 is 15.7. The third-order valence-electron chi connectivity index (χ3n) is 2.79. The number of hydrogen-bond acceptors (Lipinski definition) is 2. The van der Waals surface area contributed by atoms with Crippen LogP contribution in [0.5, 0.6) is 0 Å². The van der Waals surface area contributed by atoms with Crippen molar-refractivity contribution < 1.29 is 4.55 Å². The Morgan fingerprint density at radius 1 is 1.13 bits per heavy atom. The second-order valence-corrected chi connectivity index (χ2v) is 7.30. The van der Waals surface area contributed by atoms with Gasteiger partial charge in [0.1, 0.15) is 16.1 Å². The van der Waals surface area contributed by atoms with Crippen LogP contribution >= 0.6 is 0 Å². The molecule has 1 saturated carbocycles. The first kappa shape index (κ1) is 13.0. The van der Waals surface area contributed by atoms with Gasteiger partial charge in [-0.2, -0.15) is 0 Å². The number of rotatable bonds is 2. The molecule has 1 rings (SSSR count). The van der Waals surface area contributed by atoms with Crippen LogP contribution in [0.3, 0.4) is 0 Å². The van der Waals surface area contributed by atoms with Crippen molar-refractivity contribution in [1.82, 2.24) is 0 Å². The number of nitrogens with zero attached hydrogens (tertiary/aromatic N) is 1. The summed E-state index contributed by atoms with van der Waals surface area (Å²) in [6.45, 7) is 5.90. The first-order chi connectivity index (χ1) is 7.00. The smallest absolute Gasteiger partial charge is 0.144 e. The predicted molar refractivity (Wildman–Crippen MR) is 67.6 cm³/mol. The Bertz CT molecular complexity index is 202. The lowest BCUT2D eigenvalue weighted by Crippen LogP contribution is -2.26. The maximum atomic E-state index is 11.7. The van der Waals surface area contributed by atoms with Gasteiger partial charge in [-0.15, -0.1) is 0 Å². The van der Waals surface area contributed by atoms with Crippen LogP contribution in [0.25, 0.3) is 0 Å². The van der Waals surface area contributed by atoms with Gasteiger partial charge in [0.05, 0.1) is 6.21 Å². The summed E-state index contributed by atoms with van der Waals surface area (Å²) >= 11 is -1.08. The van der Waals surface area contributed by atoms with Crippen molar-refractivity contribution in [3.63, 3.8) is 0 Å². The fraction of sp³-hybridized carbons (Fsp3) is 0.917. The summed E-state index contributed by atoms with van der Waals surface area (Å²) in [5.41, 5.74) is 0. The van der Waals surface area contributed by atoms with E-state index >= 15 is 0 Å². The molecular weight excluding hydrogens is 206 g/mol. The summed E-state index contributed by atoms with van der Waals surface area (Å²) in [7, 11) is 0. The van der Waals surface area contributed by atoms with Crippen molar-refractivity contribution in [3.8, 4) is 0 Å². The van der Waals surface area contributed by atoms with E-state index in [-0.39, 0.29) is 4.75 Å². The molecule has 1 aliphatic rings. The van der Waals surface area contributed by atoms with Crippen molar-refractivity contribution in [2.24, 2.45) is 10.3 Å². The van der Waals surface area contributed by atoms with E-state index in [4.69, 9.17) is 0 Å². The Hall–Kier alpha value is -0.0200. The van der Waals surface area contributed by atoms with Crippen LogP contribution in [0.2, 0.25) is 0 Å². The van der Waals surface area contributed by atoms with Crippen molar-refractivity contribution in [1.29, 1.82) is 0 Å². The molecule has 1 unspecified atom stereocenters. The molecule has 0 aromatic rings. The largest absolute Gasteiger partial charge is 0.591 e. The maximum Gasteiger partial charge on any atom is 0.144 e. The average molecular weight is 229 g/mol. The van der Waals surface area contributed by atoms with Gasteiger partial charge in [0.25, 0.3) is 0 Å². The van der Waals surface area contributed by atoms with Gasteiger partial charge >= 0.3 is 0 Å². The van der Waals surface area contributed by atoms with E-state index in [1.54, 1.807) is 0 Å². The van der Waals surface area contributed by atoms with E-state index in [1.165, 1.54) is 38.5 Å². The standard InChI is InChI=1S/C12H23NOS/c1-12(2,3)15(14)13-10-11-8-6-4-5-7-9-11/h10-11H,4-9H2,1-3H3/b13-10+. The van der Waals surface area contributed by atoms with Crippen molar-refractivity contribution in [2.75, 3.05) is 0 Å². The summed E-state index contributed by atoms with van der Waals surface area (Å²) in [4.78, 5) is 0. The van der Waals surface area contributed by atoms with Gasteiger partial charge in [0.15, 0.2) is 0 Å². The fourth-order valence-corrected chi connectivity index (χ4v) is 2.36. The Labute approximate surface area is 96.9 Å². The van der Waals surface area contributed by atoms with E-state index in [1.807, 2.05) is 27.0 Å². The molecule has 0 aromatic carbocycles. The fourth-order valence-electron chi connectivity index (χ4n) is 1.76. The Morgan fingerprint density at radius 2 is 1.67 bits per heavy atom. The van der Waals surface area contributed by atoms with E-state index in [0.29, 0.717) is 5.92 Å². The van der Waals surface area contributed by atoms with Gasteiger partial charge in [0, 0.05) is 0 Å². The molecule has 1 aliphatic carbocycles. The quantitative estimate of drug-likeness (QED) is 0.405. The highest BCUT2D eigenvalue weighted by Crippen LogP contribution is 2.23. The molecule has 0 N–H and O–H groups in total. The third kappa shape index (κ3) is 5.03. The van der Waals surface area contributed by atoms with Gasteiger partial charge < -0.3 is 4.55 Å². The molecule has 1 atom stereocenters. The van der Waals surface area contributed by atoms with E-state index in [9.17, 15) is 4.55 Å². The minimum Gasteiger partial charge on any atom is -0.591 e. The lowest BCUT2D eigenvalue weighted by Gasteiger charge is -2.18. The molecule has 3 heteroatoms. The van der Waals surface area contributed by atoms with Crippen LogP contribution in [0, 0.1) is 5.92 Å². The molecule has 0 heterocycles. The minimum atomic E-state index is -1.08. The second kappa shape index (κ2) is 5.90. The molecule has 0 bridgehead atoms. The summed E-state index contributed by atoms with van der Waals surface area (Å²) in [5, 5.41) is 0. The lowest BCUT2D eigenvalue weighted by atomic mass is 10.0. The van der Waals surface area contributed by atoms with E-state index in [0.717, 1.165) is 0 Å². The van der Waals surface area contributed by atoms with Crippen molar-refractivity contribution >= 4 is 17.6 Å². The molecule has 1 fully saturated rings. The summed E-state index contributed by atoms with van der Waals surface area (Å²) in [6.07, 6.45) is 9.72. The highest BCUT2D eigenvalue weighted by molar-refractivity contribution is 7.91. The molecule has 0 spiro atoms. The van der Waals surface area contributed by atoms with Gasteiger partial charge in [-0.1, -0.05) is 30.1 Å². The first-order valence-electron chi connectivity index (χ1n) is 5.96. The van der Waals surface area contributed by atoms with E-state index < -0.39 is 11.4 Å². The molecule has 15 heavy (non-hydrogen) atoms. The highest BCUT2D eigenvalue weighted by atomic mass is 32.2. The van der Waals surface area contributed by atoms with Gasteiger partial charge in [-0.05, 0) is 39.5 Å². The molecule has 0 saturated heterocycles. The van der Waals surface area contributed by atoms with Crippen molar-refractivity contribution in [2.45, 2.75) is 64.0 Å². The van der Waals surface area contributed by atoms with Gasteiger partial charge in [-0.25, -0.2) is 0 Å². The SMILES string of the molecule is CC(C)(C)[S+]([O-])/N=C/C1CCCCCC1. The molecule has 0 radical (unpaired) electrons. The zero-order valence-electron chi connectivity index (χ0n) is 10.2. The predicted octanol–water partition coefficient (Wildman–Crippen LogP) is 3.49.